The number of hydrogen-bond donors (Lipinski definition) is 0. The van der Waals surface area contributed by atoms with Crippen molar-refractivity contribution in [2.45, 2.75) is 13.3 Å². The lowest BCUT2D eigenvalue weighted by Crippen LogP contribution is -1.94. The van der Waals surface area contributed by atoms with Crippen LogP contribution in [-0.4, -0.2) is 12.8 Å². The minimum absolute atomic E-state index is 0.674. The van der Waals surface area contributed by atoms with Crippen LogP contribution in [0, 0.1) is 5.92 Å². The van der Waals surface area contributed by atoms with Gasteiger partial charge in [0.05, 0.1) is 0 Å². The molecule has 1 heteroatoms. The quantitative estimate of drug-likeness (QED) is 0.637. The van der Waals surface area contributed by atoms with E-state index in [0.29, 0.717) is 5.92 Å². The van der Waals surface area contributed by atoms with Crippen molar-refractivity contribution in [3.05, 3.63) is 42.0 Å². The van der Waals surface area contributed by atoms with E-state index in [-0.39, 0.29) is 0 Å². The van der Waals surface area contributed by atoms with Crippen molar-refractivity contribution in [1.29, 1.82) is 0 Å². The minimum Gasteiger partial charge on any atom is -0.292 e. The maximum absolute atomic E-state index is 4.42. The molecule has 0 radical (unpaired) electrons. The first-order chi connectivity index (χ1) is 6.86. The van der Waals surface area contributed by atoms with Crippen molar-refractivity contribution < 1.29 is 0 Å². The van der Waals surface area contributed by atoms with E-state index in [1.54, 1.807) is 0 Å². The highest BCUT2D eigenvalue weighted by Crippen LogP contribution is 2.17. The molecule has 1 unspecified atom stereocenters. The summed E-state index contributed by atoms with van der Waals surface area (Å²) in [6, 6.07) is 10.4. The molecule has 1 aliphatic heterocycles. The lowest BCUT2D eigenvalue weighted by atomic mass is 10.0. The van der Waals surface area contributed by atoms with Crippen LogP contribution in [0.4, 0.5) is 0 Å². The Kier molecular flexibility index (Phi) is 2.78. The molecule has 0 fully saturated rings. The zero-order chi connectivity index (χ0) is 9.80. The monoisotopic (exact) mass is 185 g/mol. The van der Waals surface area contributed by atoms with Gasteiger partial charge >= 0.3 is 0 Å². The van der Waals surface area contributed by atoms with Crippen LogP contribution in [0.25, 0.3) is 5.57 Å². The summed E-state index contributed by atoms with van der Waals surface area (Å²) in [6.45, 7) is 3.19. The molecule has 0 aliphatic carbocycles. The van der Waals surface area contributed by atoms with Gasteiger partial charge in [0.2, 0.25) is 0 Å². The Labute approximate surface area is 85.2 Å². The van der Waals surface area contributed by atoms with Crippen LogP contribution in [0.5, 0.6) is 0 Å². The molecule has 0 N–H and O–H groups in total. The van der Waals surface area contributed by atoms with E-state index >= 15 is 0 Å². The highest BCUT2D eigenvalue weighted by atomic mass is 14.7. The Bertz CT molecular complexity index is 349. The molecule has 1 nitrogen and oxygen atoms in total. The van der Waals surface area contributed by atoms with Gasteiger partial charge in [-0.2, -0.15) is 0 Å². The summed E-state index contributed by atoms with van der Waals surface area (Å²) < 4.78 is 0. The highest BCUT2D eigenvalue weighted by molar-refractivity contribution is 6.09. The highest BCUT2D eigenvalue weighted by Gasteiger charge is 2.05. The standard InChI is InChI=1S/C13H15N/c1-11-7-8-13(10-14-9-11)12-5-3-2-4-6-12/h2-6,8,10-11H,7,9H2,1H3. The van der Waals surface area contributed by atoms with E-state index in [1.165, 1.54) is 11.1 Å². The Hall–Kier alpha value is -1.37. The third-order valence-electron chi connectivity index (χ3n) is 2.49. The van der Waals surface area contributed by atoms with Crippen LogP contribution in [0.15, 0.2) is 41.4 Å². The summed E-state index contributed by atoms with van der Waals surface area (Å²) in [6.07, 6.45) is 5.42. The summed E-state index contributed by atoms with van der Waals surface area (Å²) in [5, 5.41) is 0. The van der Waals surface area contributed by atoms with Gasteiger partial charge in [-0.05, 0) is 23.5 Å². The van der Waals surface area contributed by atoms with E-state index in [2.05, 4.69) is 42.3 Å². The maximum Gasteiger partial charge on any atom is 0.0418 e. The first-order valence-electron chi connectivity index (χ1n) is 5.11. The summed E-state index contributed by atoms with van der Waals surface area (Å²) in [5.74, 6) is 0.674. The SMILES string of the molecule is CC1CC=C(c2ccccc2)C=NC1. The van der Waals surface area contributed by atoms with Gasteiger partial charge in [0, 0.05) is 12.8 Å². The molecule has 0 aromatic heterocycles. The Morgan fingerprint density at radius 1 is 1.21 bits per heavy atom. The number of benzene rings is 1. The van der Waals surface area contributed by atoms with Crippen molar-refractivity contribution in [3.63, 3.8) is 0 Å². The van der Waals surface area contributed by atoms with Gasteiger partial charge in [0.25, 0.3) is 0 Å². The molecule has 0 saturated heterocycles. The third kappa shape index (κ3) is 2.11. The molecular weight excluding hydrogens is 170 g/mol. The zero-order valence-electron chi connectivity index (χ0n) is 8.48. The van der Waals surface area contributed by atoms with Gasteiger partial charge in [0.1, 0.15) is 0 Å². The third-order valence-corrected chi connectivity index (χ3v) is 2.49. The maximum atomic E-state index is 4.42. The number of aliphatic imine (C=N–C) groups is 1. The fraction of sp³-hybridized carbons (Fsp3) is 0.308. The van der Waals surface area contributed by atoms with Gasteiger partial charge in [0.15, 0.2) is 0 Å². The molecule has 1 atom stereocenters. The van der Waals surface area contributed by atoms with E-state index in [1.807, 2.05) is 12.3 Å². The summed E-state index contributed by atoms with van der Waals surface area (Å²) in [5.41, 5.74) is 2.53. The fourth-order valence-corrected chi connectivity index (χ4v) is 1.61. The first kappa shape index (κ1) is 9.20. The molecule has 2 rings (SSSR count). The van der Waals surface area contributed by atoms with E-state index in [4.69, 9.17) is 0 Å². The van der Waals surface area contributed by atoms with Crippen molar-refractivity contribution >= 4 is 11.8 Å². The fourth-order valence-electron chi connectivity index (χ4n) is 1.61. The van der Waals surface area contributed by atoms with E-state index in [0.717, 1.165) is 13.0 Å². The van der Waals surface area contributed by atoms with Crippen LogP contribution in [0.2, 0.25) is 0 Å². The molecule has 0 bridgehead atoms. The molecule has 1 heterocycles. The Morgan fingerprint density at radius 3 is 2.79 bits per heavy atom. The molecule has 0 amide bonds. The lowest BCUT2D eigenvalue weighted by Gasteiger charge is -2.01. The van der Waals surface area contributed by atoms with Gasteiger partial charge in [-0.25, -0.2) is 0 Å². The first-order valence-corrected chi connectivity index (χ1v) is 5.11. The predicted octanol–water partition coefficient (Wildman–Crippen LogP) is 3.18. The van der Waals surface area contributed by atoms with Crippen LogP contribution in [-0.2, 0) is 0 Å². The second kappa shape index (κ2) is 4.23. The van der Waals surface area contributed by atoms with Gasteiger partial charge in [-0.1, -0.05) is 43.3 Å². The van der Waals surface area contributed by atoms with Crippen LogP contribution in [0.1, 0.15) is 18.9 Å². The van der Waals surface area contributed by atoms with Gasteiger partial charge in [-0.3, -0.25) is 4.99 Å². The molecule has 1 aromatic carbocycles. The topological polar surface area (TPSA) is 12.4 Å². The van der Waals surface area contributed by atoms with Crippen LogP contribution < -0.4 is 0 Å². The van der Waals surface area contributed by atoms with Gasteiger partial charge in [-0.15, -0.1) is 0 Å². The lowest BCUT2D eigenvalue weighted by molar-refractivity contribution is 0.612. The molecule has 1 aliphatic rings. The molecule has 72 valence electrons. The average Bonchev–Trinajstić information content (AvgIpc) is 2.44. The largest absolute Gasteiger partial charge is 0.292 e. The molecule has 14 heavy (non-hydrogen) atoms. The Morgan fingerprint density at radius 2 is 2.00 bits per heavy atom. The Balaban J connectivity index is 2.26. The van der Waals surface area contributed by atoms with Crippen molar-refractivity contribution in [3.8, 4) is 0 Å². The average molecular weight is 185 g/mol. The predicted molar refractivity (Wildman–Crippen MR) is 61.6 cm³/mol. The number of allylic oxidation sites excluding steroid dienone is 2. The summed E-state index contributed by atoms with van der Waals surface area (Å²) in [4.78, 5) is 4.42. The van der Waals surface area contributed by atoms with Crippen molar-refractivity contribution in [2.75, 3.05) is 6.54 Å². The number of nitrogens with zero attached hydrogens (tertiary/aromatic N) is 1. The molecule has 0 saturated carbocycles. The number of hydrogen-bond acceptors (Lipinski definition) is 1. The van der Waals surface area contributed by atoms with E-state index < -0.39 is 0 Å². The number of rotatable bonds is 1. The van der Waals surface area contributed by atoms with Gasteiger partial charge < -0.3 is 0 Å². The normalized spacial score (nSPS) is 21.5. The van der Waals surface area contributed by atoms with Crippen LogP contribution in [0.3, 0.4) is 0 Å². The molecule has 1 aromatic rings. The molecular formula is C13H15N. The van der Waals surface area contributed by atoms with Crippen LogP contribution >= 0.6 is 0 Å². The van der Waals surface area contributed by atoms with Crippen molar-refractivity contribution in [1.82, 2.24) is 0 Å². The molecule has 0 spiro atoms. The zero-order valence-corrected chi connectivity index (χ0v) is 8.48. The second-order valence-corrected chi connectivity index (χ2v) is 3.86. The van der Waals surface area contributed by atoms with E-state index in [9.17, 15) is 0 Å². The van der Waals surface area contributed by atoms with Crippen molar-refractivity contribution in [2.24, 2.45) is 10.9 Å². The summed E-state index contributed by atoms with van der Waals surface area (Å²) in [7, 11) is 0. The smallest absolute Gasteiger partial charge is 0.0418 e. The minimum atomic E-state index is 0.674. The second-order valence-electron chi connectivity index (χ2n) is 3.86. The summed E-state index contributed by atoms with van der Waals surface area (Å²) >= 11 is 0.